The molecule has 290 valence electrons. The maximum Gasteiger partial charge on any atom is 0.469 e. The molecule has 1 unspecified atom stereocenters. The van der Waals surface area contributed by atoms with Gasteiger partial charge in [0.05, 0.1) is 12.7 Å². The van der Waals surface area contributed by atoms with E-state index in [4.69, 9.17) is 19.3 Å². The number of carbonyl (C=O) groups excluding carboxylic acids is 2. The summed E-state index contributed by atoms with van der Waals surface area (Å²) in [6.45, 7) is 3.38. The number of hydrogen-bond donors (Lipinski definition) is 3. The number of hydrogen-bond acceptors (Lipinski definition) is 7. The first-order chi connectivity index (χ1) is 24.7. The summed E-state index contributed by atoms with van der Waals surface area (Å²) in [4.78, 5) is 42.7. The van der Waals surface area contributed by atoms with E-state index in [2.05, 4.69) is 73.1 Å². The maximum absolute atomic E-state index is 12.4. The predicted octanol–water partition coefficient (Wildman–Crippen LogP) is 10.3. The summed E-state index contributed by atoms with van der Waals surface area (Å²) < 4.78 is 26.2. The van der Waals surface area contributed by atoms with Gasteiger partial charge < -0.3 is 24.4 Å². The molecule has 10 heteroatoms. The van der Waals surface area contributed by atoms with Crippen LogP contribution >= 0.6 is 7.82 Å². The van der Waals surface area contributed by atoms with Gasteiger partial charge in [-0.1, -0.05) is 131 Å². The second kappa shape index (κ2) is 35.6. The quantitative estimate of drug-likeness (QED) is 0.0198. The van der Waals surface area contributed by atoms with E-state index in [1.165, 1.54) is 19.3 Å². The fourth-order valence-corrected chi connectivity index (χ4v) is 4.99. The van der Waals surface area contributed by atoms with Crippen molar-refractivity contribution >= 4 is 19.8 Å². The van der Waals surface area contributed by atoms with Crippen molar-refractivity contribution in [2.24, 2.45) is 0 Å². The number of esters is 2. The van der Waals surface area contributed by atoms with E-state index in [1.807, 2.05) is 18.2 Å². The van der Waals surface area contributed by atoms with E-state index in [-0.39, 0.29) is 19.4 Å². The summed E-state index contributed by atoms with van der Waals surface area (Å²) >= 11 is 0. The Hall–Kier alpha value is -2.81. The van der Waals surface area contributed by atoms with Crippen molar-refractivity contribution in [2.45, 2.75) is 148 Å². The molecule has 0 fully saturated rings. The Morgan fingerprint density at radius 1 is 0.627 bits per heavy atom. The van der Waals surface area contributed by atoms with Crippen molar-refractivity contribution in [3.63, 3.8) is 0 Å². The molecule has 0 saturated heterocycles. The summed E-state index contributed by atoms with van der Waals surface area (Å²) in [5.41, 5.74) is 0. The third-order valence-electron chi connectivity index (χ3n) is 7.48. The van der Waals surface area contributed by atoms with Gasteiger partial charge in [0.15, 0.2) is 6.10 Å². The van der Waals surface area contributed by atoms with Crippen LogP contribution in [0.4, 0.5) is 0 Å². The van der Waals surface area contributed by atoms with Gasteiger partial charge in [0, 0.05) is 12.8 Å². The van der Waals surface area contributed by atoms with Crippen molar-refractivity contribution in [2.75, 3.05) is 13.2 Å². The summed E-state index contributed by atoms with van der Waals surface area (Å²) in [5, 5.41) is 10.1. The fourth-order valence-electron chi connectivity index (χ4n) is 4.63. The Bertz CT molecular complexity index is 1110. The third kappa shape index (κ3) is 38.3. The first-order valence-electron chi connectivity index (χ1n) is 19.0. The second-order valence-electron chi connectivity index (χ2n) is 12.4. The summed E-state index contributed by atoms with van der Waals surface area (Å²) in [7, 11) is -4.79. The van der Waals surface area contributed by atoms with Gasteiger partial charge in [-0.2, -0.15) is 0 Å². The number of aliphatic hydroxyl groups excluding tert-OH is 1. The molecule has 0 aliphatic rings. The zero-order valence-electron chi connectivity index (χ0n) is 31.3. The van der Waals surface area contributed by atoms with Crippen molar-refractivity contribution in [3.05, 3.63) is 85.1 Å². The average molecular weight is 735 g/mol. The average Bonchev–Trinajstić information content (AvgIpc) is 3.09. The van der Waals surface area contributed by atoms with E-state index in [9.17, 15) is 19.3 Å². The number of rotatable bonds is 33. The minimum absolute atomic E-state index is 0.123. The lowest BCUT2D eigenvalue weighted by molar-refractivity contribution is -0.161. The predicted molar refractivity (Wildman–Crippen MR) is 208 cm³/mol. The third-order valence-corrected chi connectivity index (χ3v) is 7.96. The first-order valence-corrected chi connectivity index (χ1v) is 20.5. The second-order valence-corrected chi connectivity index (χ2v) is 13.6. The van der Waals surface area contributed by atoms with Gasteiger partial charge in [0.1, 0.15) is 6.61 Å². The number of carbonyl (C=O) groups is 2. The molecule has 0 radical (unpaired) electrons. The summed E-state index contributed by atoms with van der Waals surface area (Å²) in [6, 6.07) is 0. The van der Waals surface area contributed by atoms with Crippen LogP contribution < -0.4 is 0 Å². The molecule has 3 N–H and O–H groups in total. The standard InChI is InChI=1S/C41H67O9P/c1-3-5-7-9-11-13-14-15-16-17-18-20-22-26-31-35-41(44)50-39(37-49-51(45,46)47)36-48-40(43)34-30-27-23-25-29-33-38(42)32-28-24-21-19-12-10-8-6-4-2/h5,7,11-13,15-16,19,23-25,28-29,33,38-39,42H,3-4,6,8-10,14,17-18,20-22,26-27,30-32,34-37H2,1-2H3,(H2,45,46,47)/b7-5-,13-11-,16-15-,19-12-,25-23+,28-24-,33-29-/t38?,39-/m1/s1. The van der Waals surface area contributed by atoms with Crippen LogP contribution in [0.2, 0.25) is 0 Å². The van der Waals surface area contributed by atoms with Crippen LogP contribution in [0.5, 0.6) is 0 Å². The monoisotopic (exact) mass is 734 g/mol. The van der Waals surface area contributed by atoms with E-state index < -0.39 is 38.6 Å². The summed E-state index contributed by atoms with van der Waals surface area (Å²) in [6.07, 6.45) is 43.3. The molecule has 0 aliphatic carbocycles. The van der Waals surface area contributed by atoms with Crippen LogP contribution in [0, 0.1) is 0 Å². The van der Waals surface area contributed by atoms with Crippen LogP contribution in [-0.2, 0) is 28.2 Å². The molecule has 0 aromatic heterocycles. The Morgan fingerprint density at radius 2 is 1.20 bits per heavy atom. The van der Waals surface area contributed by atoms with Gasteiger partial charge in [-0.25, -0.2) is 4.57 Å². The molecule has 2 atom stereocenters. The molecule has 0 amide bonds. The first kappa shape index (κ1) is 48.2. The lowest BCUT2D eigenvalue weighted by atomic mass is 10.1. The number of unbranched alkanes of at least 4 members (excludes halogenated alkanes) is 9. The molecule has 0 aliphatic heterocycles. The van der Waals surface area contributed by atoms with Gasteiger partial charge in [-0.15, -0.1) is 0 Å². The van der Waals surface area contributed by atoms with Crippen LogP contribution in [0.1, 0.15) is 136 Å². The van der Waals surface area contributed by atoms with E-state index >= 15 is 0 Å². The SMILES string of the molecule is CC/C=C\C/C=C\C/C=C\CCCCCCCC(=O)O[C@H](COC(=O)CCC/C=C/C=C\C(O)C/C=C\C/C=C\CCCCC)COP(=O)(O)O. The van der Waals surface area contributed by atoms with Gasteiger partial charge >= 0.3 is 19.8 Å². The lowest BCUT2D eigenvalue weighted by Gasteiger charge is -2.18. The highest BCUT2D eigenvalue weighted by Gasteiger charge is 2.22. The molecule has 0 aromatic rings. The van der Waals surface area contributed by atoms with Gasteiger partial charge in [0.25, 0.3) is 0 Å². The van der Waals surface area contributed by atoms with Crippen LogP contribution in [0.15, 0.2) is 85.1 Å². The topological polar surface area (TPSA) is 140 Å². The smallest absolute Gasteiger partial charge is 0.462 e. The minimum Gasteiger partial charge on any atom is -0.462 e. The Morgan fingerprint density at radius 3 is 1.86 bits per heavy atom. The molecule has 51 heavy (non-hydrogen) atoms. The molecule has 0 bridgehead atoms. The number of phosphoric ester groups is 1. The Kier molecular flexibility index (Phi) is 33.6. The zero-order chi connectivity index (χ0) is 37.7. The number of allylic oxidation sites excluding steroid dienone is 12. The minimum atomic E-state index is -4.79. The molecule has 0 aromatic carbocycles. The van der Waals surface area contributed by atoms with Crippen LogP contribution in [0.3, 0.4) is 0 Å². The van der Waals surface area contributed by atoms with Crippen molar-refractivity contribution in [1.29, 1.82) is 0 Å². The maximum atomic E-state index is 12.4. The highest BCUT2D eigenvalue weighted by atomic mass is 31.2. The number of phosphoric acid groups is 1. The molecule has 0 spiro atoms. The number of ether oxygens (including phenoxy) is 2. The molecule has 0 heterocycles. The van der Waals surface area contributed by atoms with Crippen molar-refractivity contribution in [1.82, 2.24) is 0 Å². The van der Waals surface area contributed by atoms with E-state index in [0.29, 0.717) is 25.7 Å². The van der Waals surface area contributed by atoms with Gasteiger partial charge in [-0.3, -0.25) is 14.1 Å². The molecule has 0 saturated carbocycles. The van der Waals surface area contributed by atoms with E-state index in [0.717, 1.165) is 64.2 Å². The highest BCUT2D eigenvalue weighted by molar-refractivity contribution is 7.46. The summed E-state index contributed by atoms with van der Waals surface area (Å²) in [5.74, 6) is -1.04. The van der Waals surface area contributed by atoms with Crippen molar-refractivity contribution in [3.8, 4) is 0 Å². The molecule has 0 rings (SSSR count). The molecule has 9 nitrogen and oxygen atoms in total. The van der Waals surface area contributed by atoms with Crippen LogP contribution in [0.25, 0.3) is 0 Å². The fraction of sp³-hybridized carbons (Fsp3) is 0.610. The highest BCUT2D eigenvalue weighted by Crippen LogP contribution is 2.35. The van der Waals surface area contributed by atoms with Gasteiger partial charge in [-0.05, 0) is 77.0 Å². The van der Waals surface area contributed by atoms with Crippen LogP contribution in [-0.4, -0.2) is 52.3 Å². The van der Waals surface area contributed by atoms with Crippen molar-refractivity contribution < 1.29 is 43.0 Å². The molecular formula is C41H67O9P. The lowest BCUT2D eigenvalue weighted by Crippen LogP contribution is -2.29. The van der Waals surface area contributed by atoms with E-state index in [1.54, 1.807) is 12.2 Å². The zero-order valence-corrected chi connectivity index (χ0v) is 32.2. The molecular weight excluding hydrogens is 667 g/mol. The number of aliphatic hydroxyl groups is 1. The Labute approximate surface area is 308 Å². The van der Waals surface area contributed by atoms with Gasteiger partial charge in [0.2, 0.25) is 0 Å². The largest absolute Gasteiger partial charge is 0.469 e. The normalized spacial score (nSPS) is 14.1. The Balaban J connectivity index is 4.21.